The summed E-state index contributed by atoms with van der Waals surface area (Å²) in [6, 6.07) is 6.42. The molecule has 0 unspecified atom stereocenters. The number of nitrogens with two attached hydrogens (primary N) is 1. The Hall–Kier alpha value is -1.02. The van der Waals surface area contributed by atoms with E-state index in [9.17, 15) is 0 Å². The summed E-state index contributed by atoms with van der Waals surface area (Å²) in [6.07, 6.45) is 3.47. The Balaban J connectivity index is 2.41. The van der Waals surface area contributed by atoms with Crippen molar-refractivity contribution >= 4 is 0 Å². The maximum absolute atomic E-state index is 6.01. The number of aryl methyl sites for hydroxylation is 1. The Labute approximate surface area is 78.7 Å². The first kappa shape index (κ1) is 8.57. The zero-order valence-electron chi connectivity index (χ0n) is 7.92. The highest BCUT2D eigenvalue weighted by Crippen LogP contribution is 2.30. The van der Waals surface area contributed by atoms with Crippen LogP contribution in [0, 0.1) is 0 Å². The molecule has 0 saturated heterocycles. The maximum Gasteiger partial charge on any atom is 0.119 e. The first-order valence-electron chi connectivity index (χ1n) is 4.73. The Bertz CT molecular complexity index is 309. The predicted octanol–water partition coefficient (Wildman–Crippen LogP) is 2.03. The van der Waals surface area contributed by atoms with E-state index in [-0.39, 0.29) is 6.04 Å². The van der Waals surface area contributed by atoms with Gasteiger partial charge in [-0.3, -0.25) is 0 Å². The molecule has 0 aromatic heterocycles. The third-order valence-corrected chi connectivity index (χ3v) is 2.71. The number of ether oxygens (including phenoxy) is 1. The number of rotatable bonds is 1. The van der Waals surface area contributed by atoms with Crippen molar-refractivity contribution in [2.45, 2.75) is 25.3 Å². The van der Waals surface area contributed by atoms with Crippen LogP contribution in [0.1, 0.15) is 30.0 Å². The lowest BCUT2D eigenvalue weighted by Crippen LogP contribution is -2.17. The topological polar surface area (TPSA) is 35.2 Å². The largest absolute Gasteiger partial charge is 0.497 e. The minimum atomic E-state index is 0.207. The Morgan fingerprint density at radius 3 is 3.08 bits per heavy atom. The van der Waals surface area contributed by atoms with Crippen molar-refractivity contribution in [3.8, 4) is 5.75 Å². The monoisotopic (exact) mass is 177 g/mol. The molecule has 70 valence electrons. The molecular weight excluding hydrogens is 162 g/mol. The fraction of sp³-hybridized carbons (Fsp3) is 0.455. The standard InChI is InChI=1S/C11H15NO/c1-13-9-6-5-8-3-2-4-11(12)10(8)7-9/h5-7,11H,2-4,12H2,1H3/t11-/m0/s1. The second-order valence-corrected chi connectivity index (χ2v) is 3.56. The molecule has 0 radical (unpaired) electrons. The Morgan fingerprint density at radius 2 is 2.31 bits per heavy atom. The summed E-state index contributed by atoms with van der Waals surface area (Å²) in [5, 5.41) is 0. The molecule has 0 saturated carbocycles. The van der Waals surface area contributed by atoms with Gasteiger partial charge in [-0.2, -0.15) is 0 Å². The summed E-state index contributed by atoms with van der Waals surface area (Å²) < 4.78 is 5.17. The molecule has 0 amide bonds. The van der Waals surface area contributed by atoms with Gasteiger partial charge in [-0.1, -0.05) is 6.07 Å². The van der Waals surface area contributed by atoms with E-state index in [0.29, 0.717) is 0 Å². The van der Waals surface area contributed by atoms with Gasteiger partial charge in [-0.05, 0) is 42.5 Å². The molecule has 0 aliphatic heterocycles. The van der Waals surface area contributed by atoms with Gasteiger partial charge < -0.3 is 10.5 Å². The second kappa shape index (κ2) is 3.38. The molecule has 2 N–H and O–H groups in total. The normalized spacial score (nSPS) is 20.9. The van der Waals surface area contributed by atoms with E-state index in [1.54, 1.807) is 7.11 Å². The number of methoxy groups -OCH3 is 1. The van der Waals surface area contributed by atoms with Gasteiger partial charge >= 0.3 is 0 Å². The molecule has 13 heavy (non-hydrogen) atoms. The summed E-state index contributed by atoms with van der Waals surface area (Å²) >= 11 is 0. The fourth-order valence-electron chi connectivity index (χ4n) is 1.94. The molecule has 0 heterocycles. The van der Waals surface area contributed by atoms with Crippen molar-refractivity contribution in [3.63, 3.8) is 0 Å². The van der Waals surface area contributed by atoms with Crippen LogP contribution >= 0.6 is 0 Å². The first-order chi connectivity index (χ1) is 6.31. The van der Waals surface area contributed by atoms with Crippen molar-refractivity contribution in [3.05, 3.63) is 29.3 Å². The van der Waals surface area contributed by atoms with Crippen LogP contribution in [-0.4, -0.2) is 7.11 Å². The molecule has 1 aliphatic carbocycles. The van der Waals surface area contributed by atoms with E-state index in [2.05, 4.69) is 12.1 Å². The molecule has 0 fully saturated rings. The summed E-state index contributed by atoms with van der Waals surface area (Å²) in [6.45, 7) is 0. The lowest BCUT2D eigenvalue weighted by molar-refractivity contribution is 0.412. The van der Waals surface area contributed by atoms with Crippen LogP contribution in [0.4, 0.5) is 0 Å². The molecule has 0 bridgehead atoms. The molecule has 1 atom stereocenters. The van der Waals surface area contributed by atoms with Crippen LogP contribution in [0.15, 0.2) is 18.2 Å². The Kier molecular flexibility index (Phi) is 2.23. The van der Waals surface area contributed by atoms with Crippen LogP contribution in [0.5, 0.6) is 5.75 Å². The molecule has 1 aromatic carbocycles. The minimum absolute atomic E-state index is 0.207. The zero-order valence-corrected chi connectivity index (χ0v) is 7.92. The molecule has 2 nitrogen and oxygen atoms in total. The number of hydrogen-bond donors (Lipinski definition) is 1. The van der Waals surface area contributed by atoms with Crippen LogP contribution in [0.3, 0.4) is 0 Å². The average Bonchev–Trinajstić information content (AvgIpc) is 2.18. The average molecular weight is 177 g/mol. The quantitative estimate of drug-likeness (QED) is 0.712. The van der Waals surface area contributed by atoms with E-state index in [0.717, 1.165) is 18.6 Å². The zero-order chi connectivity index (χ0) is 9.26. The number of fused-ring (bicyclic) bond motifs is 1. The predicted molar refractivity (Wildman–Crippen MR) is 52.9 cm³/mol. The smallest absolute Gasteiger partial charge is 0.119 e. The van der Waals surface area contributed by atoms with Crippen LogP contribution in [-0.2, 0) is 6.42 Å². The summed E-state index contributed by atoms with van der Waals surface area (Å²) in [4.78, 5) is 0. The lowest BCUT2D eigenvalue weighted by Gasteiger charge is -2.22. The van der Waals surface area contributed by atoms with Crippen molar-refractivity contribution in [1.82, 2.24) is 0 Å². The molecule has 1 aliphatic rings. The maximum atomic E-state index is 6.01. The molecule has 1 aromatic rings. The van der Waals surface area contributed by atoms with Gasteiger partial charge in [0.25, 0.3) is 0 Å². The molecule has 2 rings (SSSR count). The van der Waals surface area contributed by atoms with Gasteiger partial charge in [-0.25, -0.2) is 0 Å². The van der Waals surface area contributed by atoms with E-state index in [1.165, 1.54) is 17.5 Å². The lowest BCUT2D eigenvalue weighted by atomic mass is 9.88. The van der Waals surface area contributed by atoms with Crippen molar-refractivity contribution in [2.75, 3.05) is 7.11 Å². The second-order valence-electron chi connectivity index (χ2n) is 3.56. The van der Waals surface area contributed by atoms with Gasteiger partial charge in [0.05, 0.1) is 7.11 Å². The SMILES string of the molecule is COc1ccc2c(c1)[C@@H](N)CCC2. The summed E-state index contributed by atoms with van der Waals surface area (Å²) in [5.41, 5.74) is 8.67. The van der Waals surface area contributed by atoms with Crippen LogP contribution < -0.4 is 10.5 Å². The summed E-state index contributed by atoms with van der Waals surface area (Å²) in [5.74, 6) is 0.913. The van der Waals surface area contributed by atoms with Gasteiger partial charge in [-0.15, -0.1) is 0 Å². The minimum Gasteiger partial charge on any atom is -0.497 e. The number of benzene rings is 1. The third kappa shape index (κ3) is 1.54. The first-order valence-corrected chi connectivity index (χ1v) is 4.73. The fourth-order valence-corrected chi connectivity index (χ4v) is 1.94. The van der Waals surface area contributed by atoms with Crippen molar-refractivity contribution < 1.29 is 4.74 Å². The highest BCUT2D eigenvalue weighted by Gasteiger charge is 2.16. The van der Waals surface area contributed by atoms with E-state index in [4.69, 9.17) is 10.5 Å². The summed E-state index contributed by atoms with van der Waals surface area (Å²) in [7, 11) is 1.69. The van der Waals surface area contributed by atoms with Gasteiger partial charge in [0.2, 0.25) is 0 Å². The molecular formula is C11H15NO. The highest BCUT2D eigenvalue weighted by molar-refractivity contribution is 5.38. The van der Waals surface area contributed by atoms with E-state index < -0.39 is 0 Å². The molecule has 0 spiro atoms. The van der Waals surface area contributed by atoms with Gasteiger partial charge in [0, 0.05) is 6.04 Å². The Morgan fingerprint density at radius 1 is 1.46 bits per heavy atom. The van der Waals surface area contributed by atoms with Gasteiger partial charge in [0.1, 0.15) is 5.75 Å². The highest BCUT2D eigenvalue weighted by atomic mass is 16.5. The van der Waals surface area contributed by atoms with Gasteiger partial charge in [0.15, 0.2) is 0 Å². The van der Waals surface area contributed by atoms with Crippen LogP contribution in [0.25, 0.3) is 0 Å². The van der Waals surface area contributed by atoms with Crippen LogP contribution in [0.2, 0.25) is 0 Å². The van der Waals surface area contributed by atoms with Crippen molar-refractivity contribution in [1.29, 1.82) is 0 Å². The third-order valence-electron chi connectivity index (χ3n) is 2.71. The molecule has 2 heteroatoms. The van der Waals surface area contributed by atoms with E-state index in [1.807, 2.05) is 6.07 Å². The number of hydrogen-bond acceptors (Lipinski definition) is 2. The van der Waals surface area contributed by atoms with Crippen molar-refractivity contribution in [2.24, 2.45) is 5.73 Å². The van der Waals surface area contributed by atoms with E-state index >= 15 is 0 Å².